The number of guanidine groups is 1. The van der Waals surface area contributed by atoms with Gasteiger partial charge in [0, 0.05) is 25.0 Å². The highest BCUT2D eigenvalue weighted by molar-refractivity contribution is 5.92. The number of hydrogen-bond acceptors (Lipinski definition) is 3. The molecule has 0 aliphatic heterocycles. The molecular formula is C18H24N4O. The molecule has 0 aromatic heterocycles. The summed E-state index contributed by atoms with van der Waals surface area (Å²) >= 11 is 0. The van der Waals surface area contributed by atoms with Crippen molar-refractivity contribution in [1.82, 2.24) is 0 Å². The standard InChI is InChI=1S/C18H24N4O/c1-14-3-7-17(8-4-14)22-18(19)21-13-15-5-9-16(10-6-15)20-11-12-23-2/h3-10,20H,11-13H2,1-2H3,(H3,19,21,22). The third kappa shape index (κ3) is 6.00. The fourth-order valence-corrected chi connectivity index (χ4v) is 2.03. The second-order valence-corrected chi connectivity index (χ2v) is 5.31. The lowest BCUT2D eigenvalue weighted by atomic mass is 10.2. The predicted molar refractivity (Wildman–Crippen MR) is 96.9 cm³/mol. The average Bonchev–Trinajstić information content (AvgIpc) is 2.56. The Morgan fingerprint density at radius 3 is 2.35 bits per heavy atom. The molecule has 0 unspecified atom stereocenters. The molecule has 0 heterocycles. The van der Waals surface area contributed by atoms with E-state index in [9.17, 15) is 0 Å². The van der Waals surface area contributed by atoms with Crippen LogP contribution in [0.3, 0.4) is 0 Å². The maximum Gasteiger partial charge on any atom is 0.193 e. The van der Waals surface area contributed by atoms with Crippen LogP contribution in [0, 0.1) is 6.92 Å². The number of benzene rings is 2. The van der Waals surface area contributed by atoms with Crippen molar-refractivity contribution in [3.8, 4) is 0 Å². The Balaban J connectivity index is 1.84. The second kappa shape index (κ2) is 8.80. The van der Waals surface area contributed by atoms with Gasteiger partial charge in [-0.05, 0) is 36.8 Å². The van der Waals surface area contributed by atoms with Crippen molar-refractivity contribution < 1.29 is 4.74 Å². The Hall–Kier alpha value is -2.53. The van der Waals surface area contributed by atoms with Gasteiger partial charge in [-0.25, -0.2) is 4.99 Å². The third-order valence-electron chi connectivity index (χ3n) is 3.35. The van der Waals surface area contributed by atoms with Crippen LogP contribution in [0.5, 0.6) is 0 Å². The van der Waals surface area contributed by atoms with Gasteiger partial charge >= 0.3 is 0 Å². The van der Waals surface area contributed by atoms with Crippen LogP contribution in [0.1, 0.15) is 11.1 Å². The minimum Gasteiger partial charge on any atom is -0.383 e. The molecule has 122 valence electrons. The van der Waals surface area contributed by atoms with Crippen molar-refractivity contribution in [1.29, 1.82) is 0 Å². The van der Waals surface area contributed by atoms with Gasteiger partial charge in [0.05, 0.1) is 13.2 Å². The molecular weight excluding hydrogens is 288 g/mol. The van der Waals surface area contributed by atoms with E-state index < -0.39 is 0 Å². The number of ether oxygens (including phenoxy) is 1. The van der Waals surface area contributed by atoms with Crippen molar-refractivity contribution in [3.63, 3.8) is 0 Å². The van der Waals surface area contributed by atoms with Gasteiger partial charge in [0.1, 0.15) is 0 Å². The van der Waals surface area contributed by atoms with Gasteiger partial charge in [0.15, 0.2) is 5.96 Å². The SMILES string of the molecule is COCCNc1ccc(CN=C(N)Nc2ccc(C)cc2)cc1. The van der Waals surface area contributed by atoms with Crippen LogP contribution in [-0.4, -0.2) is 26.2 Å². The Morgan fingerprint density at radius 2 is 1.70 bits per heavy atom. The van der Waals surface area contributed by atoms with E-state index in [2.05, 4.69) is 22.5 Å². The quantitative estimate of drug-likeness (QED) is 0.417. The lowest BCUT2D eigenvalue weighted by molar-refractivity contribution is 0.211. The Labute approximate surface area is 137 Å². The van der Waals surface area contributed by atoms with Gasteiger partial charge in [0.2, 0.25) is 0 Å². The van der Waals surface area contributed by atoms with Crippen LogP contribution in [0.4, 0.5) is 11.4 Å². The molecule has 2 aromatic rings. The normalized spacial score (nSPS) is 11.3. The zero-order valence-corrected chi connectivity index (χ0v) is 13.7. The zero-order chi connectivity index (χ0) is 16.5. The van der Waals surface area contributed by atoms with Gasteiger partial charge in [-0.3, -0.25) is 0 Å². The van der Waals surface area contributed by atoms with Crippen LogP contribution in [-0.2, 0) is 11.3 Å². The summed E-state index contributed by atoms with van der Waals surface area (Å²) in [7, 11) is 1.69. The highest BCUT2D eigenvalue weighted by Gasteiger charge is 1.97. The van der Waals surface area contributed by atoms with Crippen LogP contribution in [0.15, 0.2) is 53.5 Å². The molecule has 2 aromatic carbocycles. The predicted octanol–water partition coefficient (Wildman–Crippen LogP) is 2.98. The number of methoxy groups -OCH3 is 1. The first kappa shape index (κ1) is 16.8. The number of nitrogens with one attached hydrogen (secondary N) is 2. The Kier molecular flexibility index (Phi) is 6.44. The lowest BCUT2D eigenvalue weighted by Crippen LogP contribution is -2.22. The topological polar surface area (TPSA) is 71.7 Å². The van der Waals surface area contributed by atoms with Gasteiger partial charge in [-0.15, -0.1) is 0 Å². The molecule has 0 fully saturated rings. The summed E-state index contributed by atoms with van der Waals surface area (Å²) in [5, 5.41) is 6.36. The van der Waals surface area contributed by atoms with Crippen molar-refractivity contribution in [2.75, 3.05) is 30.9 Å². The molecule has 0 bridgehead atoms. The van der Waals surface area contributed by atoms with E-state index in [4.69, 9.17) is 10.5 Å². The van der Waals surface area contributed by atoms with Crippen molar-refractivity contribution in [3.05, 3.63) is 59.7 Å². The molecule has 5 heteroatoms. The summed E-state index contributed by atoms with van der Waals surface area (Å²) in [6.45, 7) is 4.08. The number of rotatable bonds is 7. The van der Waals surface area contributed by atoms with E-state index >= 15 is 0 Å². The van der Waals surface area contributed by atoms with E-state index in [0.29, 0.717) is 19.1 Å². The number of aryl methyl sites for hydroxylation is 1. The summed E-state index contributed by atoms with van der Waals surface area (Å²) in [4.78, 5) is 4.36. The highest BCUT2D eigenvalue weighted by Crippen LogP contribution is 2.11. The Bertz CT molecular complexity index is 620. The molecule has 4 N–H and O–H groups in total. The second-order valence-electron chi connectivity index (χ2n) is 5.31. The van der Waals surface area contributed by atoms with Crippen molar-refractivity contribution in [2.45, 2.75) is 13.5 Å². The summed E-state index contributed by atoms with van der Waals surface area (Å²) < 4.78 is 5.01. The number of nitrogens with two attached hydrogens (primary N) is 1. The molecule has 0 saturated carbocycles. The smallest absolute Gasteiger partial charge is 0.193 e. The number of hydrogen-bond donors (Lipinski definition) is 3. The summed E-state index contributed by atoms with van der Waals surface area (Å²) in [6, 6.07) is 16.2. The number of anilines is 2. The van der Waals surface area contributed by atoms with Crippen molar-refractivity contribution >= 4 is 17.3 Å². The first-order chi connectivity index (χ1) is 11.2. The van der Waals surface area contributed by atoms with Gasteiger partial charge in [0.25, 0.3) is 0 Å². The van der Waals surface area contributed by atoms with Gasteiger partial charge < -0.3 is 21.1 Å². The minimum absolute atomic E-state index is 0.413. The fourth-order valence-electron chi connectivity index (χ4n) is 2.03. The fraction of sp³-hybridized carbons (Fsp3) is 0.278. The molecule has 0 atom stereocenters. The zero-order valence-electron chi connectivity index (χ0n) is 13.7. The van der Waals surface area contributed by atoms with E-state index in [1.54, 1.807) is 7.11 Å². The van der Waals surface area contributed by atoms with Gasteiger partial charge in [-0.2, -0.15) is 0 Å². The largest absolute Gasteiger partial charge is 0.383 e. The van der Waals surface area contributed by atoms with Crippen LogP contribution in [0.25, 0.3) is 0 Å². The highest BCUT2D eigenvalue weighted by atomic mass is 16.5. The van der Waals surface area contributed by atoms with E-state index in [1.165, 1.54) is 5.56 Å². The summed E-state index contributed by atoms with van der Waals surface area (Å²) in [6.07, 6.45) is 0. The maximum atomic E-state index is 5.92. The molecule has 0 radical (unpaired) electrons. The molecule has 0 saturated heterocycles. The van der Waals surface area contributed by atoms with Crippen LogP contribution >= 0.6 is 0 Å². The summed E-state index contributed by atoms with van der Waals surface area (Å²) in [5.74, 6) is 0.413. The van der Waals surface area contributed by atoms with E-state index in [0.717, 1.165) is 23.5 Å². The number of aliphatic imine (C=N–C) groups is 1. The Morgan fingerprint density at radius 1 is 1.04 bits per heavy atom. The molecule has 0 aliphatic carbocycles. The van der Waals surface area contributed by atoms with Crippen molar-refractivity contribution in [2.24, 2.45) is 10.7 Å². The van der Waals surface area contributed by atoms with Crippen LogP contribution in [0.2, 0.25) is 0 Å². The lowest BCUT2D eigenvalue weighted by Gasteiger charge is -2.07. The third-order valence-corrected chi connectivity index (χ3v) is 3.35. The van der Waals surface area contributed by atoms with E-state index in [-0.39, 0.29) is 0 Å². The molecule has 0 amide bonds. The minimum atomic E-state index is 0.413. The van der Waals surface area contributed by atoms with Gasteiger partial charge in [-0.1, -0.05) is 29.8 Å². The maximum absolute atomic E-state index is 5.92. The molecule has 23 heavy (non-hydrogen) atoms. The molecule has 0 spiro atoms. The number of nitrogens with zero attached hydrogens (tertiary/aromatic N) is 1. The van der Waals surface area contributed by atoms with E-state index in [1.807, 2.05) is 48.5 Å². The molecule has 2 rings (SSSR count). The first-order valence-corrected chi connectivity index (χ1v) is 7.63. The summed E-state index contributed by atoms with van der Waals surface area (Å²) in [5.41, 5.74) is 10.2. The molecule has 5 nitrogen and oxygen atoms in total. The average molecular weight is 312 g/mol. The monoisotopic (exact) mass is 312 g/mol. The first-order valence-electron chi connectivity index (χ1n) is 7.63. The van der Waals surface area contributed by atoms with Crippen LogP contribution < -0.4 is 16.4 Å². The molecule has 0 aliphatic rings.